The van der Waals surface area contributed by atoms with Crippen LogP contribution in [0, 0.1) is 0 Å². The summed E-state index contributed by atoms with van der Waals surface area (Å²) < 4.78 is 33.3. The van der Waals surface area contributed by atoms with Crippen LogP contribution in [0.2, 0.25) is 0 Å². The molecule has 1 heterocycles. The molecule has 5 nitrogen and oxygen atoms in total. The number of thiophene rings is 1. The third-order valence-electron chi connectivity index (χ3n) is 2.12. The number of alkyl halides is 2. The van der Waals surface area contributed by atoms with Crippen LogP contribution in [0.3, 0.4) is 0 Å². The van der Waals surface area contributed by atoms with Gasteiger partial charge in [-0.25, -0.2) is 0 Å². The number of amides is 1. The highest BCUT2D eigenvalue weighted by molar-refractivity contribution is 7.12. The number of carbonyl (C=O) groups is 1. The van der Waals surface area contributed by atoms with Crippen molar-refractivity contribution in [3.8, 4) is 5.75 Å². The minimum absolute atomic E-state index is 0. The molecule has 1 amide bonds. The first-order valence-electron chi connectivity index (χ1n) is 5.65. The molecule has 116 valence electrons. The standard InChI is InChI=1S/C11H16F2N2O3S.ClH/c1-17-6-5-14-3-4-15-10(16)9-8(2-7-19-9)18-11(12)13;/h2,7,11,14H,3-6H2,1H3,(H,15,16);1H. The van der Waals surface area contributed by atoms with Gasteiger partial charge < -0.3 is 20.1 Å². The Bertz CT molecular complexity index is 394. The molecular formula is C11H17ClF2N2O3S. The predicted molar refractivity (Wildman–Crippen MR) is 75.3 cm³/mol. The van der Waals surface area contributed by atoms with Crippen molar-refractivity contribution in [3.05, 3.63) is 16.3 Å². The van der Waals surface area contributed by atoms with Crippen LogP contribution in [0.25, 0.3) is 0 Å². The number of ether oxygens (including phenoxy) is 2. The van der Waals surface area contributed by atoms with E-state index in [-0.39, 0.29) is 23.0 Å². The molecule has 0 aliphatic heterocycles. The third-order valence-corrected chi connectivity index (χ3v) is 3.02. The first kappa shape index (κ1) is 19.0. The van der Waals surface area contributed by atoms with E-state index in [9.17, 15) is 13.6 Å². The molecule has 0 saturated carbocycles. The van der Waals surface area contributed by atoms with Crippen LogP contribution < -0.4 is 15.4 Å². The summed E-state index contributed by atoms with van der Waals surface area (Å²) in [6.07, 6.45) is 0. The van der Waals surface area contributed by atoms with Gasteiger partial charge in [0.2, 0.25) is 0 Å². The van der Waals surface area contributed by atoms with Gasteiger partial charge in [-0.2, -0.15) is 8.78 Å². The van der Waals surface area contributed by atoms with Gasteiger partial charge in [0, 0.05) is 26.7 Å². The van der Waals surface area contributed by atoms with Crippen LogP contribution >= 0.6 is 23.7 Å². The highest BCUT2D eigenvalue weighted by Gasteiger charge is 2.16. The van der Waals surface area contributed by atoms with E-state index in [1.807, 2.05) is 0 Å². The van der Waals surface area contributed by atoms with Crippen LogP contribution in [-0.2, 0) is 4.74 Å². The number of nitrogens with one attached hydrogen (secondary N) is 2. The zero-order chi connectivity index (χ0) is 14.1. The number of hydrogen-bond donors (Lipinski definition) is 2. The van der Waals surface area contributed by atoms with Gasteiger partial charge in [-0.05, 0) is 11.4 Å². The molecule has 2 N–H and O–H groups in total. The van der Waals surface area contributed by atoms with Gasteiger partial charge in [0.25, 0.3) is 5.91 Å². The Labute approximate surface area is 126 Å². The summed E-state index contributed by atoms with van der Waals surface area (Å²) >= 11 is 1.06. The molecule has 0 atom stereocenters. The predicted octanol–water partition coefficient (Wildman–Crippen LogP) is 1.74. The molecule has 0 radical (unpaired) electrons. The lowest BCUT2D eigenvalue weighted by Crippen LogP contribution is -2.32. The van der Waals surface area contributed by atoms with Gasteiger partial charge in [0.1, 0.15) is 10.6 Å². The number of hydrogen-bond acceptors (Lipinski definition) is 5. The molecule has 9 heteroatoms. The molecule has 0 spiro atoms. The largest absolute Gasteiger partial charge is 0.433 e. The molecule has 0 aromatic carbocycles. The first-order valence-corrected chi connectivity index (χ1v) is 6.53. The van der Waals surface area contributed by atoms with E-state index in [1.165, 1.54) is 11.4 Å². The Morgan fingerprint density at radius 1 is 1.40 bits per heavy atom. The van der Waals surface area contributed by atoms with Crippen molar-refractivity contribution in [2.75, 3.05) is 33.4 Å². The van der Waals surface area contributed by atoms with Gasteiger partial charge >= 0.3 is 6.61 Å². The molecule has 0 fully saturated rings. The van der Waals surface area contributed by atoms with E-state index in [2.05, 4.69) is 15.4 Å². The van der Waals surface area contributed by atoms with Crippen molar-refractivity contribution in [2.45, 2.75) is 6.61 Å². The number of methoxy groups -OCH3 is 1. The van der Waals surface area contributed by atoms with Gasteiger partial charge in [-0.3, -0.25) is 4.79 Å². The molecule has 20 heavy (non-hydrogen) atoms. The average molecular weight is 331 g/mol. The summed E-state index contributed by atoms with van der Waals surface area (Å²) in [5.74, 6) is -0.510. The molecule has 0 bridgehead atoms. The fraction of sp³-hybridized carbons (Fsp3) is 0.545. The van der Waals surface area contributed by atoms with Gasteiger partial charge in [-0.1, -0.05) is 0 Å². The minimum atomic E-state index is -2.93. The molecule has 0 aliphatic rings. The topological polar surface area (TPSA) is 59.6 Å². The van der Waals surface area contributed by atoms with E-state index in [4.69, 9.17) is 4.74 Å². The van der Waals surface area contributed by atoms with Gasteiger partial charge in [0.15, 0.2) is 0 Å². The summed E-state index contributed by atoms with van der Waals surface area (Å²) in [5.41, 5.74) is 0. The molecule has 0 unspecified atom stereocenters. The maximum atomic E-state index is 12.1. The fourth-order valence-corrected chi connectivity index (χ4v) is 2.03. The quantitative estimate of drug-likeness (QED) is 0.677. The molecule has 1 rings (SSSR count). The van der Waals surface area contributed by atoms with E-state index < -0.39 is 12.5 Å². The lowest BCUT2D eigenvalue weighted by Gasteiger charge is -2.07. The normalized spacial score (nSPS) is 10.2. The maximum Gasteiger partial charge on any atom is 0.387 e. The Kier molecular flexibility index (Phi) is 10.3. The van der Waals surface area contributed by atoms with Crippen molar-refractivity contribution in [2.24, 2.45) is 0 Å². The molecular weight excluding hydrogens is 314 g/mol. The van der Waals surface area contributed by atoms with Crippen LogP contribution in [0.5, 0.6) is 5.75 Å². The van der Waals surface area contributed by atoms with Crippen LogP contribution in [0.4, 0.5) is 8.78 Å². The lowest BCUT2D eigenvalue weighted by atomic mass is 10.4. The number of rotatable bonds is 9. The van der Waals surface area contributed by atoms with E-state index in [0.29, 0.717) is 26.2 Å². The smallest absolute Gasteiger partial charge is 0.387 e. The number of halogens is 3. The Morgan fingerprint density at radius 2 is 2.15 bits per heavy atom. The minimum Gasteiger partial charge on any atom is -0.433 e. The van der Waals surface area contributed by atoms with Crippen molar-refractivity contribution in [3.63, 3.8) is 0 Å². The van der Waals surface area contributed by atoms with Gasteiger partial charge in [0.05, 0.1) is 6.61 Å². The van der Waals surface area contributed by atoms with E-state index in [0.717, 1.165) is 11.3 Å². The molecule has 1 aromatic rings. The van der Waals surface area contributed by atoms with Crippen molar-refractivity contribution in [1.82, 2.24) is 10.6 Å². The Morgan fingerprint density at radius 3 is 2.80 bits per heavy atom. The SMILES string of the molecule is COCCNCCNC(=O)c1sccc1OC(F)F.Cl. The van der Waals surface area contributed by atoms with Crippen molar-refractivity contribution in [1.29, 1.82) is 0 Å². The zero-order valence-corrected chi connectivity index (χ0v) is 12.5. The second-order valence-corrected chi connectivity index (χ2v) is 4.41. The molecule has 1 aromatic heterocycles. The number of carbonyl (C=O) groups excluding carboxylic acids is 1. The molecule has 0 aliphatic carbocycles. The summed E-state index contributed by atoms with van der Waals surface area (Å²) in [6, 6.07) is 1.35. The second-order valence-electron chi connectivity index (χ2n) is 3.49. The van der Waals surface area contributed by atoms with Crippen molar-refractivity contribution < 1.29 is 23.0 Å². The van der Waals surface area contributed by atoms with E-state index >= 15 is 0 Å². The van der Waals surface area contributed by atoms with Crippen LogP contribution in [0.1, 0.15) is 9.67 Å². The fourth-order valence-electron chi connectivity index (χ4n) is 1.30. The highest BCUT2D eigenvalue weighted by atomic mass is 35.5. The molecule has 0 saturated heterocycles. The summed E-state index contributed by atoms with van der Waals surface area (Å²) in [6.45, 7) is -0.687. The zero-order valence-electron chi connectivity index (χ0n) is 10.9. The van der Waals surface area contributed by atoms with Crippen LogP contribution in [0.15, 0.2) is 11.4 Å². The van der Waals surface area contributed by atoms with Gasteiger partial charge in [-0.15, -0.1) is 23.7 Å². The van der Waals surface area contributed by atoms with Crippen molar-refractivity contribution >= 4 is 29.7 Å². The monoisotopic (exact) mass is 330 g/mol. The lowest BCUT2D eigenvalue weighted by molar-refractivity contribution is -0.0498. The Hall–Kier alpha value is -0.960. The summed E-state index contributed by atoms with van der Waals surface area (Å²) in [7, 11) is 1.60. The average Bonchev–Trinajstić information content (AvgIpc) is 2.80. The Balaban J connectivity index is 0.00000361. The van der Waals surface area contributed by atoms with Crippen LogP contribution in [-0.4, -0.2) is 45.9 Å². The maximum absolute atomic E-state index is 12.1. The second kappa shape index (κ2) is 10.8. The van der Waals surface area contributed by atoms with E-state index in [1.54, 1.807) is 7.11 Å². The third kappa shape index (κ3) is 6.99. The highest BCUT2D eigenvalue weighted by Crippen LogP contribution is 2.26. The summed E-state index contributed by atoms with van der Waals surface area (Å²) in [4.78, 5) is 11.9. The first-order chi connectivity index (χ1) is 9.15. The summed E-state index contributed by atoms with van der Waals surface area (Å²) in [5, 5.41) is 7.20.